The lowest BCUT2D eigenvalue weighted by molar-refractivity contribution is 0.102. The lowest BCUT2D eigenvalue weighted by Gasteiger charge is -2.10. The van der Waals surface area contributed by atoms with Crippen LogP contribution in [0.2, 0.25) is 0 Å². The van der Waals surface area contributed by atoms with Gasteiger partial charge in [0.15, 0.2) is 11.6 Å². The summed E-state index contributed by atoms with van der Waals surface area (Å²) < 4.78 is 19.0. The molecule has 0 heterocycles. The summed E-state index contributed by atoms with van der Waals surface area (Å²) in [5.74, 6) is -0.261. The topological polar surface area (TPSA) is 29.5 Å². The number of ether oxygens (including phenoxy) is 1. The number of aliphatic hydroxyl groups excluding tert-OH is 1. The molecule has 1 N–H and O–H groups in total. The van der Waals surface area contributed by atoms with Crippen LogP contribution in [-0.4, -0.2) is 17.8 Å². The average Bonchev–Trinajstić information content (AvgIpc) is 2.19. The number of hydrogen-bond donors (Lipinski definition) is 1. The van der Waals surface area contributed by atoms with E-state index in [9.17, 15) is 9.50 Å². The highest BCUT2D eigenvalue weighted by molar-refractivity contribution is 9.10. The van der Waals surface area contributed by atoms with Crippen molar-refractivity contribution in [2.24, 2.45) is 0 Å². The third-order valence-corrected chi connectivity index (χ3v) is 2.29. The van der Waals surface area contributed by atoms with Gasteiger partial charge in [-0.2, -0.15) is 0 Å². The molecule has 0 fully saturated rings. The number of aliphatic hydroxyl groups is 1. The third kappa shape index (κ3) is 3.27. The van der Waals surface area contributed by atoms with Crippen LogP contribution in [0.3, 0.4) is 0 Å². The molecule has 4 heteroatoms. The van der Waals surface area contributed by atoms with E-state index >= 15 is 0 Å². The van der Waals surface area contributed by atoms with Gasteiger partial charge in [-0.05, 0) is 24.6 Å². The second-order valence-electron chi connectivity index (χ2n) is 2.95. The van der Waals surface area contributed by atoms with E-state index in [0.29, 0.717) is 6.42 Å². The first-order valence-corrected chi connectivity index (χ1v) is 5.18. The Bertz CT molecular complexity index is 304. The van der Waals surface area contributed by atoms with Crippen molar-refractivity contribution < 1.29 is 14.2 Å². The second-order valence-corrected chi connectivity index (χ2v) is 3.86. The molecular formula is C10H12BrFO2. The first-order valence-electron chi connectivity index (χ1n) is 4.39. The first-order chi connectivity index (χ1) is 6.63. The molecule has 0 amide bonds. The highest BCUT2D eigenvalue weighted by atomic mass is 79.9. The first kappa shape index (κ1) is 11.5. The van der Waals surface area contributed by atoms with Gasteiger partial charge in [0.2, 0.25) is 0 Å². The molecular weight excluding hydrogens is 251 g/mol. The number of halogens is 2. The summed E-state index contributed by atoms with van der Waals surface area (Å²) in [6, 6.07) is 4.45. The van der Waals surface area contributed by atoms with Crippen LogP contribution in [-0.2, 0) is 0 Å². The maximum atomic E-state index is 13.1. The zero-order chi connectivity index (χ0) is 10.6. The van der Waals surface area contributed by atoms with Crippen LogP contribution in [0.4, 0.5) is 4.39 Å². The minimum absolute atomic E-state index is 0.115. The Morgan fingerprint density at radius 2 is 2.29 bits per heavy atom. The zero-order valence-corrected chi connectivity index (χ0v) is 9.42. The predicted molar refractivity (Wildman–Crippen MR) is 55.9 cm³/mol. The summed E-state index contributed by atoms with van der Waals surface area (Å²) in [7, 11) is 0. The van der Waals surface area contributed by atoms with Gasteiger partial charge in [0.1, 0.15) is 6.61 Å². The van der Waals surface area contributed by atoms with Crippen molar-refractivity contribution in [3.05, 3.63) is 28.5 Å². The van der Waals surface area contributed by atoms with E-state index in [0.717, 1.165) is 4.47 Å². The van der Waals surface area contributed by atoms with Crippen LogP contribution in [0.15, 0.2) is 22.7 Å². The third-order valence-electron chi connectivity index (χ3n) is 1.80. The molecule has 0 bridgehead atoms. The van der Waals surface area contributed by atoms with Gasteiger partial charge in [0, 0.05) is 4.47 Å². The van der Waals surface area contributed by atoms with Crippen molar-refractivity contribution in [1.29, 1.82) is 0 Å². The largest absolute Gasteiger partial charge is 0.488 e. The van der Waals surface area contributed by atoms with Gasteiger partial charge in [-0.25, -0.2) is 4.39 Å². The molecule has 0 aliphatic rings. The molecule has 1 unspecified atom stereocenters. The van der Waals surface area contributed by atoms with Crippen molar-refractivity contribution in [3.8, 4) is 5.75 Å². The van der Waals surface area contributed by atoms with Crippen LogP contribution in [0, 0.1) is 5.82 Å². The van der Waals surface area contributed by atoms with Crippen LogP contribution in [0.1, 0.15) is 13.3 Å². The molecule has 0 aliphatic heterocycles. The molecule has 2 nitrogen and oxygen atoms in total. The Kier molecular flexibility index (Phi) is 4.35. The molecule has 14 heavy (non-hydrogen) atoms. The van der Waals surface area contributed by atoms with Crippen LogP contribution < -0.4 is 4.74 Å². The fraction of sp³-hybridized carbons (Fsp3) is 0.400. The lowest BCUT2D eigenvalue weighted by Crippen LogP contribution is -2.16. The molecule has 1 aromatic carbocycles. The summed E-state index contributed by atoms with van der Waals surface area (Å²) >= 11 is 3.21. The Morgan fingerprint density at radius 1 is 1.57 bits per heavy atom. The molecule has 0 aromatic heterocycles. The summed E-state index contributed by atoms with van der Waals surface area (Å²) in [6.45, 7) is 1.95. The Labute approximate surface area is 90.8 Å². The normalized spacial score (nSPS) is 12.6. The van der Waals surface area contributed by atoms with Crippen molar-refractivity contribution >= 4 is 15.9 Å². The summed E-state index contributed by atoms with van der Waals surface area (Å²) in [5, 5.41) is 9.22. The van der Waals surface area contributed by atoms with Crippen molar-refractivity contribution in [2.45, 2.75) is 19.4 Å². The smallest absolute Gasteiger partial charge is 0.165 e. The van der Waals surface area contributed by atoms with Crippen molar-refractivity contribution in [2.75, 3.05) is 6.61 Å². The van der Waals surface area contributed by atoms with Crippen LogP contribution >= 0.6 is 15.9 Å². The minimum Gasteiger partial charge on any atom is -0.488 e. The molecule has 1 atom stereocenters. The summed E-state index contributed by atoms with van der Waals surface area (Å²) in [4.78, 5) is 0. The SMILES string of the molecule is CCC(O)COc1cc(Br)ccc1F. The molecule has 0 aliphatic carbocycles. The minimum atomic E-state index is -0.548. The Morgan fingerprint density at radius 3 is 2.93 bits per heavy atom. The number of benzene rings is 1. The second kappa shape index (κ2) is 5.32. The monoisotopic (exact) mass is 262 g/mol. The van der Waals surface area contributed by atoms with Gasteiger partial charge in [-0.1, -0.05) is 22.9 Å². The van der Waals surface area contributed by atoms with Gasteiger partial charge in [-0.3, -0.25) is 0 Å². The summed E-state index contributed by atoms with van der Waals surface area (Å²) in [5.41, 5.74) is 0. The van der Waals surface area contributed by atoms with E-state index < -0.39 is 11.9 Å². The van der Waals surface area contributed by atoms with Gasteiger partial charge in [0.05, 0.1) is 6.10 Å². The van der Waals surface area contributed by atoms with E-state index in [-0.39, 0.29) is 12.4 Å². The van der Waals surface area contributed by atoms with E-state index in [1.54, 1.807) is 6.07 Å². The highest BCUT2D eigenvalue weighted by Gasteiger charge is 2.06. The molecule has 0 spiro atoms. The molecule has 0 radical (unpaired) electrons. The highest BCUT2D eigenvalue weighted by Crippen LogP contribution is 2.22. The number of rotatable bonds is 4. The van der Waals surface area contributed by atoms with E-state index in [1.807, 2.05) is 6.92 Å². The lowest BCUT2D eigenvalue weighted by atomic mass is 10.3. The van der Waals surface area contributed by atoms with E-state index in [4.69, 9.17) is 4.74 Å². The molecule has 0 saturated carbocycles. The van der Waals surface area contributed by atoms with Crippen LogP contribution in [0.5, 0.6) is 5.75 Å². The van der Waals surface area contributed by atoms with Gasteiger partial charge in [-0.15, -0.1) is 0 Å². The predicted octanol–water partition coefficient (Wildman–Crippen LogP) is 2.74. The van der Waals surface area contributed by atoms with Gasteiger partial charge < -0.3 is 9.84 Å². The zero-order valence-electron chi connectivity index (χ0n) is 7.84. The molecule has 78 valence electrons. The van der Waals surface area contributed by atoms with E-state index in [1.165, 1.54) is 12.1 Å². The molecule has 1 aromatic rings. The maximum Gasteiger partial charge on any atom is 0.165 e. The standard InChI is InChI=1S/C10H12BrFO2/c1-2-8(13)6-14-10-5-7(11)3-4-9(10)12/h3-5,8,13H,2,6H2,1H3. The van der Waals surface area contributed by atoms with Crippen molar-refractivity contribution in [1.82, 2.24) is 0 Å². The average molecular weight is 263 g/mol. The van der Waals surface area contributed by atoms with Crippen LogP contribution in [0.25, 0.3) is 0 Å². The van der Waals surface area contributed by atoms with Gasteiger partial charge >= 0.3 is 0 Å². The Balaban J connectivity index is 2.62. The van der Waals surface area contributed by atoms with E-state index in [2.05, 4.69) is 15.9 Å². The Hall–Kier alpha value is -0.610. The number of hydrogen-bond acceptors (Lipinski definition) is 2. The van der Waals surface area contributed by atoms with Crippen molar-refractivity contribution in [3.63, 3.8) is 0 Å². The fourth-order valence-corrected chi connectivity index (χ4v) is 1.23. The molecule has 0 saturated heterocycles. The quantitative estimate of drug-likeness (QED) is 0.905. The maximum absolute atomic E-state index is 13.1. The fourth-order valence-electron chi connectivity index (χ4n) is 0.892. The summed E-state index contributed by atoms with van der Waals surface area (Å²) in [6.07, 6.45) is 0.0451. The molecule has 1 rings (SSSR count). The van der Waals surface area contributed by atoms with Gasteiger partial charge in [0.25, 0.3) is 0 Å².